The van der Waals surface area contributed by atoms with E-state index in [-0.39, 0.29) is 26.4 Å². The van der Waals surface area contributed by atoms with E-state index >= 15 is 0 Å². The van der Waals surface area contributed by atoms with Gasteiger partial charge in [-0.25, -0.2) is 4.79 Å². The van der Waals surface area contributed by atoms with Crippen LogP contribution in [-0.2, 0) is 28.6 Å². The maximum atomic E-state index is 12.2. The van der Waals surface area contributed by atoms with Crippen molar-refractivity contribution in [2.45, 2.75) is 38.5 Å². The van der Waals surface area contributed by atoms with Crippen LogP contribution in [0.25, 0.3) is 0 Å². The van der Waals surface area contributed by atoms with Gasteiger partial charge in [-0.3, -0.25) is 9.59 Å². The van der Waals surface area contributed by atoms with Gasteiger partial charge in [0.1, 0.15) is 0 Å². The lowest BCUT2D eigenvalue weighted by Crippen LogP contribution is -2.35. The molecule has 0 heterocycles. The molecule has 1 rings (SSSR count). The second-order valence-corrected chi connectivity index (χ2v) is 5.63. The summed E-state index contributed by atoms with van der Waals surface area (Å²) >= 11 is 0. The topological polar surface area (TPSA) is 99.1 Å². The van der Waals surface area contributed by atoms with E-state index in [2.05, 4.69) is 6.58 Å². The zero-order chi connectivity index (χ0) is 17.8. The van der Waals surface area contributed by atoms with Gasteiger partial charge in [-0.2, -0.15) is 0 Å². The average Bonchev–Trinajstić information content (AvgIpc) is 2.61. The summed E-state index contributed by atoms with van der Waals surface area (Å²) in [5, 5.41) is 8.72. The van der Waals surface area contributed by atoms with E-state index in [1.165, 1.54) is 0 Å². The summed E-state index contributed by atoms with van der Waals surface area (Å²) in [6.07, 6.45) is 4.80. The molecule has 1 N–H and O–H groups in total. The number of rotatable bonds is 10. The predicted molar refractivity (Wildman–Crippen MR) is 84.8 cm³/mol. The monoisotopic (exact) mass is 342 g/mol. The van der Waals surface area contributed by atoms with Gasteiger partial charge < -0.3 is 19.3 Å². The van der Waals surface area contributed by atoms with E-state index in [0.717, 1.165) is 18.9 Å². The minimum atomic E-state index is -0.515. The SMILES string of the molecule is C=CC(=O)OCCCOC(=O)C1CCCCC1C(=O)OCCCO. The summed E-state index contributed by atoms with van der Waals surface area (Å²) in [4.78, 5) is 35.2. The first-order valence-corrected chi connectivity index (χ1v) is 8.33. The van der Waals surface area contributed by atoms with Gasteiger partial charge in [-0.05, 0) is 12.8 Å². The maximum absolute atomic E-state index is 12.2. The van der Waals surface area contributed by atoms with Gasteiger partial charge in [0.15, 0.2) is 0 Å². The van der Waals surface area contributed by atoms with E-state index in [9.17, 15) is 14.4 Å². The number of aliphatic hydroxyl groups excluding tert-OH is 1. The summed E-state index contributed by atoms with van der Waals surface area (Å²) in [7, 11) is 0. The quantitative estimate of drug-likeness (QED) is 0.277. The van der Waals surface area contributed by atoms with Crippen molar-refractivity contribution in [1.29, 1.82) is 0 Å². The molecule has 0 aromatic carbocycles. The summed E-state index contributed by atoms with van der Waals surface area (Å²) in [6.45, 7) is 3.68. The van der Waals surface area contributed by atoms with Gasteiger partial charge in [0.25, 0.3) is 0 Å². The maximum Gasteiger partial charge on any atom is 0.330 e. The van der Waals surface area contributed by atoms with Crippen molar-refractivity contribution in [3.05, 3.63) is 12.7 Å². The van der Waals surface area contributed by atoms with Gasteiger partial charge in [-0.1, -0.05) is 19.4 Å². The lowest BCUT2D eigenvalue weighted by molar-refractivity contribution is -0.163. The highest BCUT2D eigenvalue weighted by molar-refractivity contribution is 5.82. The predicted octanol–water partition coefficient (Wildman–Crippen LogP) is 1.38. The molecule has 0 radical (unpaired) electrons. The van der Waals surface area contributed by atoms with E-state index in [1.54, 1.807) is 0 Å². The molecular weight excluding hydrogens is 316 g/mol. The fraction of sp³-hybridized carbons (Fsp3) is 0.706. The molecule has 0 saturated heterocycles. The Labute approximate surface area is 142 Å². The minimum Gasteiger partial charge on any atom is -0.465 e. The number of aliphatic hydroxyl groups is 1. The highest BCUT2D eigenvalue weighted by Crippen LogP contribution is 2.32. The van der Waals surface area contributed by atoms with Crippen LogP contribution in [-0.4, -0.2) is 49.4 Å². The van der Waals surface area contributed by atoms with Crippen molar-refractivity contribution in [1.82, 2.24) is 0 Å². The van der Waals surface area contributed by atoms with Crippen LogP contribution in [0.3, 0.4) is 0 Å². The Hall–Kier alpha value is -1.89. The van der Waals surface area contributed by atoms with Crippen molar-refractivity contribution in [3.63, 3.8) is 0 Å². The van der Waals surface area contributed by atoms with Gasteiger partial charge in [0.2, 0.25) is 0 Å². The molecule has 2 atom stereocenters. The van der Waals surface area contributed by atoms with E-state index in [0.29, 0.717) is 25.7 Å². The molecule has 1 aliphatic carbocycles. The molecule has 24 heavy (non-hydrogen) atoms. The van der Waals surface area contributed by atoms with Crippen LogP contribution >= 0.6 is 0 Å². The lowest BCUT2D eigenvalue weighted by atomic mass is 9.79. The largest absolute Gasteiger partial charge is 0.465 e. The fourth-order valence-corrected chi connectivity index (χ4v) is 2.61. The molecule has 0 spiro atoms. The molecule has 0 aromatic rings. The lowest BCUT2D eigenvalue weighted by Gasteiger charge is -2.28. The molecule has 0 amide bonds. The van der Waals surface area contributed by atoms with Crippen LogP contribution in [0.2, 0.25) is 0 Å². The van der Waals surface area contributed by atoms with Crippen LogP contribution in [0.1, 0.15) is 38.5 Å². The zero-order valence-electron chi connectivity index (χ0n) is 13.9. The third kappa shape index (κ3) is 7.12. The summed E-state index contributed by atoms with van der Waals surface area (Å²) < 4.78 is 15.1. The van der Waals surface area contributed by atoms with E-state index in [1.807, 2.05) is 0 Å². The van der Waals surface area contributed by atoms with Gasteiger partial charge in [0.05, 0.1) is 31.7 Å². The van der Waals surface area contributed by atoms with Crippen LogP contribution in [0, 0.1) is 11.8 Å². The van der Waals surface area contributed by atoms with Gasteiger partial charge in [0, 0.05) is 25.5 Å². The van der Waals surface area contributed by atoms with Crippen molar-refractivity contribution < 1.29 is 33.7 Å². The first kappa shape index (κ1) is 20.2. The van der Waals surface area contributed by atoms with E-state index in [4.69, 9.17) is 19.3 Å². The molecule has 1 saturated carbocycles. The summed E-state index contributed by atoms with van der Waals surface area (Å²) in [6, 6.07) is 0. The second-order valence-electron chi connectivity index (χ2n) is 5.63. The molecule has 136 valence electrons. The van der Waals surface area contributed by atoms with Crippen molar-refractivity contribution in [2.75, 3.05) is 26.4 Å². The third-order valence-electron chi connectivity index (χ3n) is 3.86. The van der Waals surface area contributed by atoms with E-state index < -0.39 is 29.7 Å². The molecule has 1 fully saturated rings. The molecule has 7 nitrogen and oxygen atoms in total. The van der Waals surface area contributed by atoms with Crippen LogP contribution in [0.15, 0.2) is 12.7 Å². The normalized spacial score (nSPS) is 20.0. The standard InChI is InChI=1S/C17H26O7/c1-2-15(19)22-11-6-12-24-17(21)14-8-4-3-7-13(14)16(20)23-10-5-9-18/h2,13-14,18H,1,3-12H2. The fourth-order valence-electron chi connectivity index (χ4n) is 2.61. The number of hydrogen-bond acceptors (Lipinski definition) is 7. The molecular formula is C17H26O7. The smallest absolute Gasteiger partial charge is 0.330 e. The first-order valence-electron chi connectivity index (χ1n) is 8.33. The highest BCUT2D eigenvalue weighted by Gasteiger charge is 2.37. The van der Waals surface area contributed by atoms with Crippen molar-refractivity contribution >= 4 is 17.9 Å². The summed E-state index contributed by atoms with van der Waals surface area (Å²) in [5.74, 6) is -2.29. The van der Waals surface area contributed by atoms with Crippen molar-refractivity contribution in [2.24, 2.45) is 11.8 Å². The number of hydrogen-bond donors (Lipinski definition) is 1. The third-order valence-corrected chi connectivity index (χ3v) is 3.86. The molecule has 7 heteroatoms. The minimum absolute atomic E-state index is 0.0418. The Morgan fingerprint density at radius 2 is 1.42 bits per heavy atom. The molecule has 0 aliphatic heterocycles. The highest BCUT2D eigenvalue weighted by atomic mass is 16.5. The number of esters is 3. The Morgan fingerprint density at radius 1 is 0.917 bits per heavy atom. The van der Waals surface area contributed by atoms with Crippen molar-refractivity contribution in [3.8, 4) is 0 Å². The Balaban J connectivity index is 2.37. The molecule has 0 aromatic heterocycles. The number of ether oxygens (including phenoxy) is 3. The number of carbonyl (C=O) groups excluding carboxylic acids is 3. The first-order chi connectivity index (χ1) is 11.6. The van der Waals surface area contributed by atoms with Gasteiger partial charge in [-0.15, -0.1) is 0 Å². The molecule has 1 aliphatic rings. The Bertz CT molecular complexity index is 433. The summed E-state index contributed by atoms with van der Waals surface area (Å²) in [5.41, 5.74) is 0. The second kappa shape index (κ2) is 11.6. The number of carbonyl (C=O) groups is 3. The van der Waals surface area contributed by atoms with Crippen LogP contribution < -0.4 is 0 Å². The van der Waals surface area contributed by atoms with Crippen LogP contribution in [0.5, 0.6) is 0 Å². The van der Waals surface area contributed by atoms with Gasteiger partial charge >= 0.3 is 17.9 Å². The Kier molecular flexibility index (Phi) is 9.76. The molecule has 0 bridgehead atoms. The van der Waals surface area contributed by atoms with Crippen LogP contribution in [0.4, 0.5) is 0 Å². The zero-order valence-corrected chi connectivity index (χ0v) is 13.9. The Morgan fingerprint density at radius 3 is 1.92 bits per heavy atom. The average molecular weight is 342 g/mol. The molecule has 2 unspecified atom stereocenters.